The molecule has 0 radical (unpaired) electrons. The van der Waals surface area contributed by atoms with Crippen LogP contribution >= 0.6 is 23.2 Å². The number of hydrogen-bond acceptors (Lipinski definition) is 1. The van der Waals surface area contributed by atoms with E-state index in [1.807, 2.05) is 12.1 Å². The quantitative estimate of drug-likeness (QED) is 0.788. The van der Waals surface area contributed by atoms with Crippen LogP contribution in [0.4, 0.5) is 5.69 Å². The average Bonchev–Trinajstić information content (AvgIpc) is 2.38. The summed E-state index contributed by atoms with van der Waals surface area (Å²) in [6.07, 6.45) is 7.18. The second-order valence-corrected chi connectivity index (χ2v) is 7.49. The molecule has 4 aliphatic carbocycles. The van der Waals surface area contributed by atoms with Gasteiger partial charge < -0.3 is 5.32 Å². The van der Waals surface area contributed by atoms with Gasteiger partial charge in [-0.15, -0.1) is 0 Å². The Balaban J connectivity index is 1.58. The maximum absolute atomic E-state index is 6.31. The molecule has 1 aromatic carbocycles. The molecule has 3 heteroatoms. The number of nitrogens with one attached hydrogen (secondary N) is 1. The molecule has 0 aromatic heterocycles. The first-order chi connectivity index (χ1) is 9.20. The summed E-state index contributed by atoms with van der Waals surface area (Å²) in [5, 5.41) is 5.04. The Morgan fingerprint density at radius 2 is 1.53 bits per heavy atom. The van der Waals surface area contributed by atoms with E-state index in [0.29, 0.717) is 16.1 Å². The molecule has 0 heterocycles. The van der Waals surface area contributed by atoms with Gasteiger partial charge in [0, 0.05) is 6.04 Å². The van der Waals surface area contributed by atoms with Crippen molar-refractivity contribution in [3.05, 3.63) is 28.2 Å². The van der Waals surface area contributed by atoms with Crippen LogP contribution in [0.25, 0.3) is 0 Å². The molecule has 4 aliphatic rings. The van der Waals surface area contributed by atoms with Crippen LogP contribution in [0.3, 0.4) is 0 Å². The Labute approximate surface area is 124 Å². The van der Waals surface area contributed by atoms with Crippen LogP contribution in [0.5, 0.6) is 0 Å². The lowest BCUT2D eigenvalue weighted by atomic mass is 9.54. The van der Waals surface area contributed by atoms with Crippen LogP contribution < -0.4 is 5.32 Å². The maximum atomic E-state index is 6.31. The SMILES string of the molecule is Clc1cccc(NC2C3CC4CC(C3)CC2C4)c1Cl. The van der Waals surface area contributed by atoms with E-state index in [-0.39, 0.29) is 0 Å². The number of rotatable bonds is 2. The van der Waals surface area contributed by atoms with E-state index >= 15 is 0 Å². The summed E-state index contributed by atoms with van der Waals surface area (Å²) in [7, 11) is 0. The van der Waals surface area contributed by atoms with Gasteiger partial charge >= 0.3 is 0 Å². The molecule has 4 saturated carbocycles. The van der Waals surface area contributed by atoms with Crippen LogP contribution in [-0.2, 0) is 0 Å². The van der Waals surface area contributed by atoms with Crippen molar-refractivity contribution in [3.8, 4) is 0 Å². The van der Waals surface area contributed by atoms with E-state index < -0.39 is 0 Å². The topological polar surface area (TPSA) is 12.0 Å². The fourth-order valence-corrected chi connectivity index (χ4v) is 5.31. The minimum absolute atomic E-state index is 0.615. The van der Waals surface area contributed by atoms with Crippen molar-refractivity contribution in [2.45, 2.75) is 38.1 Å². The minimum Gasteiger partial charge on any atom is -0.381 e. The summed E-state index contributed by atoms with van der Waals surface area (Å²) >= 11 is 12.4. The third kappa shape index (κ3) is 2.06. The van der Waals surface area contributed by atoms with Crippen molar-refractivity contribution >= 4 is 28.9 Å². The van der Waals surface area contributed by atoms with E-state index in [1.54, 1.807) is 0 Å². The Kier molecular flexibility index (Phi) is 2.97. The van der Waals surface area contributed by atoms with Gasteiger partial charge in [0.15, 0.2) is 0 Å². The Hall–Kier alpha value is -0.400. The van der Waals surface area contributed by atoms with Crippen molar-refractivity contribution in [1.82, 2.24) is 0 Å². The van der Waals surface area contributed by atoms with Crippen LogP contribution in [0, 0.1) is 23.7 Å². The molecule has 4 fully saturated rings. The average molecular weight is 296 g/mol. The lowest BCUT2D eigenvalue weighted by molar-refractivity contribution is 0.00754. The lowest BCUT2D eigenvalue weighted by Gasteiger charge is -2.54. The third-order valence-corrected chi connectivity index (χ3v) is 6.32. The number of halogens is 2. The van der Waals surface area contributed by atoms with Gasteiger partial charge in [-0.25, -0.2) is 0 Å². The third-order valence-electron chi connectivity index (χ3n) is 5.50. The zero-order valence-electron chi connectivity index (χ0n) is 10.9. The van der Waals surface area contributed by atoms with Crippen molar-refractivity contribution in [2.75, 3.05) is 5.32 Å². The van der Waals surface area contributed by atoms with E-state index in [9.17, 15) is 0 Å². The van der Waals surface area contributed by atoms with Crippen molar-refractivity contribution in [1.29, 1.82) is 0 Å². The van der Waals surface area contributed by atoms with E-state index in [1.165, 1.54) is 32.1 Å². The van der Waals surface area contributed by atoms with Crippen LogP contribution in [0.2, 0.25) is 10.0 Å². The second kappa shape index (κ2) is 4.56. The van der Waals surface area contributed by atoms with Gasteiger partial charge in [-0.1, -0.05) is 29.3 Å². The van der Waals surface area contributed by atoms with Crippen molar-refractivity contribution < 1.29 is 0 Å². The highest BCUT2D eigenvalue weighted by atomic mass is 35.5. The van der Waals surface area contributed by atoms with Gasteiger partial charge in [0.1, 0.15) is 0 Å². The Morgan fingerprint density at radius 3 is 2.16 bits per heavy atom. The molecule has 5 rings (SSSR count). The zero-order valence-corrected chi connectivity index (χ0v) is 12.4. The first kappa shape index (κ1) is 12.3. The van der Waals surface area contributed by atoms with E-state index in [2.05, 4.69) is 11.4 Å². The molecule has 0 unspecified atom stereocenters. The minimum atomic E-state index is 0.615. The second-order valence-electron chi connectivity index (χ2n) is 6.70. The molecule has 102 valence electrons. The fraction of sp³-hybridized carbons (Fsp3) is 0.625. The van der Waals surface area contributed by atoms with Gasteiger partial charge in [0.2, 0.25) is 0 Å². The molecular weight excluding hydrogens is 277 g/mol. The monoisotopic (exact) mass is 295 g/mol. The molecule has 4 bridgehead atoms. The molecule has 0 atom stereocenters. The fourth-order valence-electron chi connectivity index (χ4n) is 4.96. The van der Waals surface area contributed by atoms with Gasteiger partial charge in [-0.05, 0) is 67.9 Å². The first-order valence-electron chi connectivity index (χ1n) is 7.41. The Bertz CT molecular complexity index is 472. The predicted molar refractivity (Wildman–Crippen MR) is 80.9 cm³/mol. The summed E-state index contributed by atoms with van der Waals surface area (Å²) in [5.74, 6) is 3.73. The molecular formula is C16H19Cl2N. The summed E-state index contributed by atoms with van der Waals surface area (Å²) in [4.78, 5) is 0. The predicted octanol–water partition coefficient (Wildman–Crippen LogP) is 5.23. The summed E-state index contributed by atoms with van der Waals surface area (Å²) < 4.78 is 0. The maximum Gasteiger partial charge on any atom is 0.0823 e. The molecule has 1 N–H and O–H groups in total. The van der Waals surface area contributed by atoms with Crippen LogP contribution in [0.1, 0.15) is 32.1 Å². The lowest BCUT2D eigenvalue weighted by Crippen LogP contribution is -2.51. The summed E-state index contributed by atoms with van der Waals surface area (Å²) in [5.41, 5.74) is 1.02. The van der Waals surface area contributed by atoms with E-state index in [4.69, 9.17) is 23.2 Å². The standard InChI is InChI=1S/C16H19Cl2N/c17-13-2-1-3-14(15(13)18)19-16-11-5-9-4-10(7-11)8-12(16)6-9/h1-3,9-12,16,19H,4-8H2. The van der Waals surface area contributed by atoms with Crippen LogP contribution in [0.15, 0.2) is 18.2 Å². The highest BCUT2D eigenvalue weighted by molar-refractivity contribution is 6.43. The number of benzene rings is 1. The number of hydrogen-bond donors (Lipinski definition) is 1. The molecule has 1 nitrogen and oxygen atoms in total. The van der Waals surface area contributed by atoms with Crippen molar-refractivity contribution in [3.63, 3.8) is 0 Å². The highest BCUT2D eigenvalue weighted by Crippen LogP contribution is 2.54. The molecule has 0 amide bonds. The van der Waals surface area contributed by atoms with Crippen LogP contribution in [-0.4, -0.2) is 6.04 Å². The summed E-state index contributed by atoms with van der Waals surface area (Å²) in [6, 6.07) is 6.50. The number of anilines is 1. The van der Waals surface area contributed by atoms with Gasteiger partial charge in [-0.2, -0.15) is 0 Å². The molecule has 0 spiro atoms. The van der Waals surface area contributed by atoms with Crippen molar-refractivity contribution in [2.24, 2.45) is 23.7 Å². The first-order valence-corrected chi connectivity index (χ1v) is 8.17. The normalized spacial score (nSPS) is 39.6. The highest BCUT2D eigenvalue weighted by Gasteiger charge is 2.48. The van der Waals surface area contributed by atoms with Gasteiger partial charge in [0.05, 0.1) is 15.7 Å². The molecule has 0 aliphatic heterocycles. The van der Waals surface area contributed by atoms with E-state index in [0.717, 1.165) is 29.4 Å². The molecule has 1 aromatic rings. The zero-order chi connectivity index (χ0) is 13.0. The molecule has 0 saturated heterocycles. The largest absolute Gasteiger partial charge is 0.381 e. The van der Waals surface area contributed by atoms with Gasteiger partial charge in [0.25, 0.3) is 0 Å². The summed E-state index contributed by atoms with van der Waals surface area (Å²) in [6.45, 7) is 0. The van der Waals surface area contributed by atoms with Gasteiger partial charge in [-0.3, -0.25) is 0 Å². The molecule has 19 heavy (non-hydrogen) atoms. The smallest absolute Gasteiger partial charge is 0.0823 e. The Morgan fingerprint density at radius 1 is 0.895 bits per heavy atom.